The zero-order chi connectivity index (χ0) is 19.4. The number of rotatable bonds is 6. The number of nitrogens with one attached hydrogen (secondary N) is 1. The van der Waals surface area contributed by atoms with Gasteiger partial charge in [-0.25, -0.2) is 0 Å². The summed E-state index contributed by atoms with van der Waals surface area (Å²) < 4.78 is 10.8. The minimum absolute atomic E-state index is 0.00358. The fourth-order valence-electron chi connectivity index (χ4n) is 3.21. The molecular formula is C21H27N3O3. The van der Waals surface area contributed by atoms with Crippen LogP contribution in [0.25, 0.3) is 0 Å². The molecule has 144 valence electrons. The third-order valence-electron chi connectivity index (χ3n) is 4.70. The number of carbonyl (C=O) groups is 1. The molecule has 6 nitrogen and oxygen atoms in total. The Hall–Kier alpha value is -2.76. The van der Waals surface area contributed by atoms with Gasteiger partial charge in [0.2, 0.25) is 0 Å². The van der Waals surface area contributed by atoms with Gasteiger partial charge in [0.15, 0.2) is 11.5 Å². The minimum Gasteiger partial charge on any atom is -0.493 e. The van der Waals surface area contributed by atoms with Gasteiger partial charge in [-0.05, 0) is 41.7 Å². The van der Waals surface area contributed by atoms with Crippen molar-refractivity contribution >= 4 is 11.6 Å². The molecule has 3 rings (SSSR count). The molecule has 0 atom stereocenters. The number of pyridine rings is 1. The van der Waals surface area contributed by atoms with Crippen LogP contribution < -0.4 is 14.8 Å². The standard InChI is InChI=1S/C21H27N3O3/c1-14(2)10-23-18-7-16(11-22-12-18)21(25)24-6-5-15-8-19(26-3)20(27-4)9-17(15)13-24/h7-9,11-12,14,23H,5-6,10,13H2,1-4H3. The highest BCUT2D eigenvalue weighted by molar-refractivity contribution is 5.94. The Kier molecular flexibility index (Phi) is 5.84. The van der Waals surface area contributed by atoms with Crippen LogP contribution in [0.4, 0.5) is 5.69 Å². The molecule has 2 heterocycles. The van der Waals surface area contributed by atoms with E-state index in [1.54, 1.807) is 26.6 Å². The predicted molar refractivity (Wildman–Crippen MR) is 106 cm³/mol. The lowest BCUT2D eigenvalue weighted by molar-refractivity contribution is 0.0734. The topological polar surface area (TPSA) is 63.7 Å². The van der Waals surface area contributed by atoms with Crippen molar-refractivity contribution in [2.45, 2.75) is 26.8 Å². The van der Waals surface area contributed by atoms with Gasteiger partial charge < -0.3 is 19.7 Å². The lowest BCUT2D eigenvalue weighted by Crippen LogP contribution is -2.36. The molecule has 6 heteroatoms. The lowest BCUT2D eigenvalue weighted by Gasteiger charge is -2.29. The van der Waals surface area contributed by atoms with Crippen LogP contribution in [-0.4, -0.2) is 43.1 Å². The summed E-state index contributed by atoms with van der Waals surface area (Å²) in [6, 6.07) is 5.85. The van der Waals surface area contributed by atoms with Crippen LogP contribution >= 0.6 is 0 Å². The van der Waals surface area contributed by atoms with E-state index >= 15 is 0 Å². The van der Waals surface area contributed by atoms with E-state index in [1.165, 1.54) is 5.56 Å². The van der Waals surface area contributed by atoms with Crippen molar-refractivity contribution in [2.24, 2.45) is 5.92 Å². The SMILES string of the molecule is COc1cc2c(cc1OC)CN(C(=O)c1cncc(NCC(C)C)c1)CC2. The van der Waals surface area contributed by atoms with Crippen LogP contribution in [0.15, 0.2) is 30.6 Å². The number of anilines is 1. The van der Waals surface area contributed by atoms with E-state index in [9.17, 15) is 4.79 Å². The minimum atomic E-state index is -0.00358. The highest BCUT2D eigenvalue weighted by Crippen LogP contribution is 2.33. The number of methoxy groups -OCH3 is 2. The molecule has 1 aromatic heterocycles. The van der Waals surface area contributed by atoms with E-state index in [0.717, 1.165) is 30.0 Å². The van der Waals surface area contributed by atoms with Gasteiger partial charge in [-0.3, -0.25) is 9.78 Å². The fraction of sp³-hybridized carbons (Fsp3) is 0.429. The number of amides is 1. The van der Waals surface area contributed by atoms with Gasteiger partial charge in [-0.2, -0.15) is 0 Å². The zero-order valence-electron chi connectivity index (χ0n) is 16.4. The monoisotopic (exact) mass is 369 g/mol. The maximum atomic E-state index is 13.0. The number of nitrogens with zero attached hydrogens (tertiary/aromatic N) is 2. The summed E-state index contributed by atoms with van der Waals surface area (Å²) in [5.74, 6) is 1.93. The third-order valence-corrected chi connectivity index (χ3v) is 4.70. The highest BCUT2D eigenvalue weighted by Gasteiger charge is 2.24. The number of hydrogen-bond acceptors (Lipinski definition) is 5. The zero-order valence-corrected chi connectivity index (χ0v) is 16.4. The van der Waals surface area contributed by atoms with E-state index in [2.05, 4.69) is 24.1 Å². The molecule has 0 radical (unpaired) electrons. The second kappa shape index (κ2) is 8.29. The molecule has 0 unspecified atom stereocenters. The number of aromatic nitrogens is 1. The molecule has 27 heavy (non-hydrogen) atoms. The first-order valence-electron chi connectivity index (χ1n) is 9.23. The largest absolute Gasteiger partial charge is 0.493 e. The molecule has 1 amide bonds. The Balaban J connectivity index is 1.77. The molecule has 1 aliphatic rings. The van der Waals surface area contributed by atoms with Crippen LogP contribution in [-0.2, 0) is 13.0 Å². The summed E-state index contributed by atoms with van der Waals surface area (Å²) in [7, 11) is 3.26. The number of benzene rings is 1. The molecule has 0 saturated carbocycles. The van der Waals surface area contributed by atoms with E-state index in [-0.39, 0.29) is 5.91 Å². The highest BCUT2D eigenvalue weighted by atomic mass is 16.5. The Morgan fingerprint density at radius 1 is 1.15 bits per heavy atom. The summed E-state index contributed by atoms with van der Waals surface area (Å²) in [6.45, 7) is 6.36. The van der Waals surface area contributed by atoms with Crippen LogP contribution in [0.3, 0.4) is 0 Å². The summed E-state index contributed by atoms with van der Waals surface area (Å²) in [6.07, 6.45) is 4.18. The van der Waals surface area contributed by atoms with Crippen molar-refractivity contribution in [3.8, 4) is 11.5 Å². The van der Waals surface area contributed by atoms with Crippen molar-refractivity contribution in [3.05, 3.63) is 47.3 Å². The molecule has 0 aliphatic carbocycles. The normalized spacial score (nSPS) is 13.3. The number of carbonyl (C=O) groups excluding carboxylic acids is 1. The van der Waals surface area contributed by atoms with Crippen molar-refractivity contribution in [2.75, 3.05) is 32.6 Å². The van der Waals surface area contributed by atoms with Gasteiger partial charge in [0.25, 0.3) is 5.91 Å². The van der Waals surface area contributed by atoms with Crippen LogP contribution in [0.1, 0.15) is 35.3 Å². The third kappa shape index (κ3) is 4.32. The predicted octanol–water partition coefficient (Wildman–Crippen LogP) is 3.37. The summed E-state index contributed by atoms with van der Waals surface area (Å²) in [4.78, 5) is 19.1. The molecule has 0 saturated heterocycles. The van der Waals surface area contributed by atoms with Crippen molar-refractivity contribution < 1.29 is 14.3 Å². The lowest BCUT2D eigenvalue weighted by atomic mass is 9.98. The average Bonchev–Trinajstić information content (AvgIpc) is 2.70. The van der Waals surface area contributed by atoms with E-state index in [1.807, 2.05) is 23.1 Å². The van der Waals surface area contributed by atoms with E-state index < -0.39 is 0 Å². The summed E-state index contributed by atoms with van der Waals surface area (Å²) in [5, 5.41) is 3.32. The van der Waals surface area contributed by atoms with E-state index in [4.69, 9.17) is 9.47 Å². The first-order chi connectivity index (χ1) is 13.0. The van der Waals surface area contributed by atoms with Crippen LogP contribution in [0.5, 0.6) is 11.5 Å². The molecule has 0 spiro atoms. The van der Waals surface area contributed by atoms with Gasteiger partial charge in [-0.1, -0.05) is 13.8 Å². The Bertz CT molecular complexity index is 820. The second-order valence-corrected chi connectivity index (χ2v) is 7.19. The second-order valence-electron chi connectivity index (χ2n) is 7.19. The van der Waals surface area contributed by atoms with Crippen LogP contribution in [0, 0.1) is 5.92 Å². The molecule has 1 N–H and O–H groups in total. The van der Waals surface area contributed by atoms with Gasteiger partial charge in [0, 0.05) is 32.0 Å². The number of ether oxygens (including phenoxy) is 2. The average molecular weight is 369 g/mol. The molecular weight excluding hydrogens is 342 g/mol. The first kappa shape index (κ1) is 19.0. The quantitative estimate of drug-likeness (QED) is 0.846. The Morgan fingerprint density at radius 2 is 1.85 bits per heavy atom. The maximum absolute atomic E-state index is 13.0. The van der Waals surface area contributed by atoms with Crippen LogP contribution in [0.2, 0.25) is 0 Å². The molecule has 0 fully saturated rings. The van der Waals surface area contributed by atoms with Gasteiger partial charge in [-0.15, -0.1) is 0 Å². The molecule has 0 bridgehead atoms. The molecule has 2 aromatic rings. The van der Waals surface area contributed by atoms with Crippen molar-refractivity contribution in [3.63, 3.8) is 0 Å². The van der Waals surface area contributed by atoms with Gasteiger partial charge in [0.05, 0.1) is 25.5 Å². The fourth-order valence-corrected chi connectivity index (χ4v) is 3.21. The molecule has 1 aromatic carbocycles. The Morgan fingerprint density at radius 3 is 2.52 bits per heavy atom. The first-order valence-corrected chi connectivity index (χ1v) is 9.23. The maximum Gasteiger partial charge on any atom is 0.255 e. The number of hydrogen-bond donors (Lipinski definition) is 1. The van der Waals surface area contributed by atoms with E-state index in [0.29, 0.717) is 30.3 Å². The summed E-state index contributed by atoms with van der Waals surface area (Å²) >= 11 is 0. The van der Waals surface area contributed by atoms with Crippen molar-refractivity contribution in [1.29, 1.82) is 0 Å². The smallest absolute Gasteiger partial charge is 0.255 e. The van der Waals surface area contributed by atoms with Gasteiger partial charge >= 0.3 is 0 Å². The summed E-state index contributed by atoms with van der Waals surface area (Å²) in [5.41, 5.74) is 3.77. The van der Waals surface area contributed by atoms with Crippen molar-refractivity contribution in [1.82, 2.24) is 9.88 Å². The molecule has 1 aliphatic heterocycles. The Labute approximate surface area is 160 Å². The number of fused-ring (bicyclic) bond motifs is 1. The van der Waals surface area contributed by atoms with Gasteiger partial charge in [0.1, 0.15) is 0 Å².